The largest absolute Gasteiger partial charge is 1.00 e. The van der Waals surface area contributed by atoms with Crippen molar-refractivity contribution in [3.8, 4) is 0 Å². The van der Waals surface area contributed by atoms with Gasteiger partial charge in [-0.2, -0.15) is 0 Å². The van der Waals surface area contributed by atoms with E-state index in [-0.39, 0.29) is 24.8 Å². The van der Waals surface area contributed by atoms with Crippen LogP contribution in [0, 0.1) is 0 Å². The summed E-state index contributed by atoms with van der Waals surface area (Å²) < 4.78 is 2.65. The van der Waals surface area contributed by atoms with Crippen molar-refractivity contribution in [1.29, 1.82) is 0 Å². The Kier molecular flexibility index (Phi) is 25.1. The molecular formula is C32H68Cl2N2. The molecule has 1 fully saturated rings. The number of nitrogens with zero attached hydrogens (tertiary/aromatic N) is 2. The molecule has 4 atom stereocenters. The Morgan fingerprint density at radius 2 is 0.639 bits per heavy atom. The summed E-state index contributed by atoms with van der Waals surface area (Å²) in [6, 6.07) is 1.62. The topological polar surface area (TPSA) is 0 Å². The van der Waals surface area contributed by atoms with Crippen molar-refractivity contribution in [2.24, 2.45) is 0 Å². The molecule has 0 aliphatic carbocycles. The summed E-state index contributed by atoms with van der Waals surface area (Å²) in [6.45, 7) is 15.3. The first-order valence-corrected chi connectivity index (χ1v) is 16.1. The third kappa shape index (κ3) is 16.5. The molecule has 1 rings (SSSR count). The molecule has 1 heterocycles. The standard InChI is InChI=1S/C32H68N2.2ClH/c1-7-9-11-13-15-17-19-21-23-25-27-33(5)29-32(4)34(6,30-31(33)3)28-26-24-22-20-18-16-14-12-10-8-2;;/h31-32H,7-30H2,1-6H3;2*1H/q+2;;/p-2/t31-,32-,33?,34?;;/m0../s1. The van der Waals surface area contributed by atoms with Crippen molar-refractivity contribution >= 4 is 0 Å². The molecule has 0 N–H and O–H groups in total. The molecule has 0 aromatic rings. The molecule has 0 amide bonds. The van der Waals surface area contributed by atoms with Gasteiger partial charge in [0, 0.05) is 0 Å². The molecule has 0 aromatic carbocycles. The van der Waals surface area contributed by atoms with Gasteiger partial charge in [-0.05, 0) is 39.5 Å². The lowest BCUT2D eigenvalue weighted by atomic mass is 9.99. The zero-order valence-electron chi connectivity index (χ0n) is 25.8. The van der Waals surface area contributed by atoms with E-state index in [9.17, 15) is 0 Å². The zero-order valence-corrected chi connectivity index (χ0v) is 27.3. The van der Waals surface area contributed by atoms with Crippen molar-refractivity contribution in [1.82, 2.24) is 0 Å². The minimum absolute atomic E-state index is 0. The smallest absolute Gasteiger partial charge is 0.136 e. The van der Waals surface area contributed by atoms with E-state index < -0.39 is 0 Å². The molecule has 1 aliphatic heterocycles. The van der Waals surface area contributed by atoms with E-state index in [4.69, 9.17) is 0 Å². The van der Waals surface area contributed by atoms with Gasteiger partial charge in [0.05, 0.1) is 27.2 Å². The maximum Gasteiger partial charge on any atom is 0.136 e. The van der Waals surface area contributed by atoms with Crippen LogP contribution in [-0.2, 0) is 0 Å². The maximum atomic E-state index is 2.57. The lowest BCUT2D eigenvalue weighted by Crippen LogP contribution is -3.00. The van der Waals surface area contributed by atoms with Gasteiger partial charge in [0.1, 0.15) is 25.2 Å². The SMILES string of the molecule is CCCCCCCCCCCC[N+]1(C)C[C@H](C)[N+](C)(CCCCCCCCCCCC)C[C@@H]1C.[Cl-].[Cl-]. The molecule has 36 heavy (non-hydrogen) atoms. The molecule has 0 spiro atoms. The van der Waals surface area contributed by atoms with Gasteiger partial charge in [0.15, 0.2) is 0 Å². The molecule has 2 unspecified atom stereocenters. The van der Waals surface area contributed by atoms with Gasteiger partial charge >= 0.3 is 0 Å². The number of rotatable bonds is 22. The summed E-state index contributed by atoms with van der Waals surface area (Å²) >= 11 is 0. The highest BCUT2D eigenvalue weighted by molar-refractivity contribution is 4.66. The Labute approximate surface area is 241 Å². The number of likely N-dealkylation sites (N-methyl/N-ethyl adjacent to an activating group) is 2. The van der Waals surface area contributed by atoms with Gasteiger partial charge in [-0.25, -0.2) is 0 Å². The summed E-state index contributed by atoms with van der Waals surface area (Å²) in [4.78, 5) is 0. The summed E-state index contributed by atoms with van der Waals surface area (Å²) in [7, 11) is 5.14. The van der Waals surface area contributed by atoms with Crippen LogP contribution in [0.25, 0.3) is 0 Å². The molecule has 1 saturated heterocycles. The van der Waals surface area contributed by atoms with Gasteiger partial charge in [0.2, 0.25) is 0 Å². The number of hydrogen-bond donors (Lipinski definition) is 0. The van der Waals surface area contributed by atoms with Crippen molar-refractivity contribution in [2.75, 3.05) is 40.3 Å². The van der Waals surface area contributed by atoms with Crippen LogP contribution in [0.5, 0.6) is 0 Å². The fourth-order valence-electron chi connectivity index (χ4n) is 6.51. The lowest BCUT2D eigenvalue weighted by molar-refractivity contribution is -1.05. The summed E-state index contributed by atoms with van der Waals surface area (Å²) in [5.41, 5.74) is 0. The van der Waals surface area contributed by atoms with Crippen LogP contribution in [0.15, 0.2) is 0 Å². The highest BCUT2D eigenvalue weighted by atomic mass is 35.5. The number of unbranched alkanes of at least 4 members (excludes halogenated alkanes) is 18. The van der Waals surface area contributed by atoms with Crippen molar-refractivity contribution in [3.63, 3.8) is 0 Å². The lowest BCUT2D eigenvalue weighted by Gasteiger charge is -2.54. The monoisotopic (exact) mass is 550 g/mol. The quantitative estimate of drug-likeness (QED) is 0.143. The van der Waals surface area contributed by atoms with Crippen LogP contribution in [0.1, 0.15) is 156 Å². The minimum atomic E-state index is 0. The highest BCUT2D eigenvalue weighted by Crippen LogP contribution is 2.28. The van der Waals surface area contributed by atoms with E-state index in [1.807, 2.05) is 0 Å². The van der Waals surface area contributed by atoms with Crippen LogP contribution in [0.3, 0.4) is 0 Å². The molecule has 2 nitrogen and oxygen atoms in total. The molecule has 0 aromatic heterocycles. The van der Waals surface area contributed by atoms with Crippen LogP contribution < -0.4 is 24.8 Å². The maximum absolute atomic E-state index is 2.57. The van der Waals surface area contributed by atoms with Gasteiger partial charge in [-0.15, -0.1) is 0 Å². The van der Waals surface area contributed by atoms with E-state index in [1.54, 1.807) is 0 Å². The minimum Gasteiger partial charge on any atom is -1.00 e. The molecule has 0 bridgehead atoms. The van der Waals surface area contributed by atoms with E-state index >= 15 is 0 Å². The second-order valence-electron chi connectivity index (χ2n) is 12.8. The van der Waals surface area contributed by atoms with Crippen LogP contribution >= 0.6 is 0 Å². The Balaban J connectivity index is 0. The second kappa shape index (κ2) is 23.4. The first kappa shape index (κ1) is 38.6. The number of quaternary nitrogens is 2. The fourth-order valence-corrected chi connectivity index (χ4v) is 6.51. The van der Waals surface area contributed by atoms with Crippen LogP contribution in [-0.4, -0.2) is 61.3 Å². The average Bonchev–Trinajstić information content (AvgIpc) is 2.80. The number of hydrogen-bond acceptors (Lipinski definition) is 0. The molecule has 0 saturated carbocycles. The summed E-state index contributed by atoms with van der Waals surface area (Å²) in [5, 5.41) is 0. The fraction of sp³-hybridized carbons (Fsp3) is 1.00. The molecule has 1 aliphatic rings. The molecule has 4 heteroatoms. The van der Waals surface area contributed by atoms with Gasteiger partial charge in [-0.1, -0.05) is 117 Å². The third-order valence-electron chi connectivity index (χ3n) is 9.54. The number of piperazine rings is 1. The summed E-state index contributed by atoms with van der Waals surface area (Å²) in [5.74, 6) is 0. The van der Waals surface area contributed by atoms with Gasteiger partial charge in [-0.3, -0.25) is 0 Å². The van der Waals surface area contributed by atoms with Crippen LogP contribution in [0.2, 0.25) is 0 Å². The number of halogens is 2. The predicted molar refractivity (Wildman–Crippen MR) is 154 cm³/mol. The average molecular weight is 552 g/mol. The van der Waals surface area contributed by atoms with E-state index in [1.165, 1.54) is 164 Å². The Hall–Kier alpha value is 0.500. The molecule has 220 valence electrons. The van der Waals surface area contributed by atoms with E-state index in [0.29, 0.717) is 0 Å². The second-order valence-corrected chi connectivity index (χ2v) is 12.8. The van der Waals surface area contributed by atoms with Gasteiger partial charge in [0.25, 0.3) is 0 Å². The Bertz CT molecular complexity index is 433. The van der Waals surface area contributed by atoms with Crippen LogP contribution in [0.4, 0.5) is 0 Å². The molecular weight excluding hydrogens is 483 g/mol. The normalized spacial score (nSPS) is 25.8. The van der Waals surface area contributed by atoms with E-state index in [0.717, 1.165) is 12.1 Å². The first-order valence-electron chi connectivity index (χ1n) is 16.1. The zero-order chi connectivity index (χ0) is 25.1. The van der Waals surface area contributed by atoms with Crippen molar-refractivity contribution in [3.05, 3.63) is 0 Å². The first-order chi connectivity index (χ1) is 16.4. The van der Waals surface area contributed by atoms with Crippen molar-refractivity contribution in [2.45, 2.75) is 168 Å². The van der Waals surface area contributed by atoms with Gasteiger partial charge < -0.3 is 33.8 Å². The van der Waals surface area contributed by atoms with Crippen molar-refractivity contribution < 1.29 is 33.8 Å². The highest BCUT2D eigenvalue weighted by Gasteiger charge is 2.46. The molecule has 0 radical (unpaired) electrons. The Morgan fingerprint density at radius 3 is 0.889 bits per heavy atom. The van der Waals surface area contributed by atoms with E-state index in [2.05, 4.69) is 41.8 Å². The summed E-state index contributed by atoms with van der Waals surface area (Å²) in [6.07, 6.45) is 29.0. The third-order valence-corrected chi connectivity index (χ3v) is 9.54. The Morgan fingerprint density at radius 1 is 0.417 bits per heavy atom. The predicted octanol–water partition coefficient (Wildman–Crippen LogP) is 3.52.